The summed E-state index contributed by atoms with van der Waals surface area (Å²) < 4.78 is 12.4. The Hall–Kier alpha value is -2.55. The minimum absolute atomic E-state index is 0.102. The zero-order chi connectivity index (χ0) is 21.8. The summed E-state index contributed by atoms with van der Waals surface area (Å²) in [5.41, 5.74) is 1.53. The number of pyridine rings is 1. The standard InChI is InChI=1S/C22H24N2O4S2/c1-23-18-10-9-16(30-4)13-17(18)20(25)19(22(23)29)21(26)24(11-12-27-2)14-5-7-15(28-3)8-6-14/h5-10,13,25H,11-12H2,1-4H3. The first-order chi connectivity index (χ1) is 14.4. The van der Waals surface area contributed by atoms with Crippen molar-refractivity contribution in [1.82, 2.24) is 4.57 Å². The molecule has 0 aliphatic carbocycles. The van der Waals surface area contributed by atoms with Crippen molar-refractivity contribution in [2.24, 2.45) is 7.05 Å². The van der Waals surface area contributed by atoms with E-state index in [9.17, 15) is 9.90 Å². The van der Waals surface area contributed by atoms with Gasteiger partial charge in [0.25, 0.3) is 5.91 Å². The largest absolute Gasteiger partial charge is 0.506 e. The number of hydrogen-bond donors (Lipinski definition) is 1. The minimum Gasteiger partial charge on any atom is -0.506 e. The molecular formula is C22H24N2O4S2. The van der Waals surface area contributed by atoms with Gasteiger partial charge >= 0.3 is 0 Å². The summed E-state index contributed by atoms with van der Waals surface area (Å²) in [6, 6.07) is 12.9. The lowest BCUT2D eigenvalue weighted by Crippen LogP contribution is -2.34. The number of benzene rings is 2. The maximum absolute atomic E-state index is 13.6. The van der Waals surface area contributed by atoms with Crippen molar-refractivity contribution < 1.29 is 19.4 Å². The molecule has 0 radical (unpaired) electrons. The molecule has 158 valence electrons. The smallest absolute Gasteiger partial charge is 0.265 e. The van der Waals surface area contributed by atoms with Gasteiger partial charge in [-0.05, 0) is 48.7 Å². The third-order valence-electron chi connectivity index (χ3n) is 4.94. The molecule has 0 unspecified atom stereocenters. The van der Waals surface area contributed by atoms with E-state index in [0.29, 0.717) is 30.0 Å². The van der Waals surface area contributed by atoms with E-state index in [1.807, 2.05) is 24.5 Å². The van der Waals surface area contributed by atoms with Crippen LogP contribution in [0.5, 0.6) is 11.5 Å². The lowest BCUT2D eigenvalue weighted by Gasteiger charge is -2.24. The molecule has 30 heavy (non-hydrogen) atoms. The van der Waals surface area contributed by atoms with Crippen molar-refractivity contribution in [3.05, 3.63) is 52.7 Å². The van der Waals surface area contributed by atoms with E-state index in [1.54, 1.807) is 66.8 Å². The third kappa shape index (κ3) is 4.16. The summed E-state index contributed by atoms with van der Waals surface area (Å²) in [5, 5.41) is 11.6. The predicted molar refractivity (Wildman–Crippen MR) is 124 cm³/mol. The van der Waals surface area contributed by atoms with Crippen molar-refractivity contribution in [2.45, 2.75) is 4.90 Å². The Balaban J connectivity index is 2.16. The quantitative estimate of drug-likeness (QED) is 0.423. The lowest BCUT2D eigenvalue weighted by atomic mass is 10.1. The molecule has 0 saturated heterocycles. The van der Waals surface area contributed by atoms with Crippen LogP contribution in [0, 0.1) is 4.64 Å². The van der Waals surface area contributed by atoms with Crippen LogP contribution in [0.15, 0.2) is 47.4 Å². The van der Waals surface area contributed by atoms with E-state index in [0.717, 1.165) is 10.4 Å². The highest BCUT2D eigenvalue weighted by atomic mass is 32.2. The average molecular weight is 445 g/mol. The summed E-state index contributed by atoms with van der Waals surface area (Å²) in [7, 11) is 4.96. The first-order valence-electron chi connectivity index (χ1n) is 9.27. The summed E-state index contributed by atoms with van der Waals surface area (Å²) in [6.45, 7) is 0.643. The number of nitrogens with zero attached hydrogens (tertiary/aromatic N) is 2. The molecule has 0 atom stereocenters. The first-order valence-corrected chi connectivity index (χ1v) is 10.9. The van der Waals surface area contributed by atoms with Gasteiger partial charge in [-0.15, -0.1) is 11.8 Å². The molecule has 1 amide bonds. The predicted octanol–water partition coefficient (Wildman–Crippen LogP) is 4.64. The number of thioether (sulfide) groups is 1. The van der Waals surface area contributed by atoms with Crippen LogP contribution in [-0.2, 0) is 11.8 Å². The van der Waals surface area contributed by atoms with Gasteiger partial charge in [0, 0.05) is 36.7 Å². The van der Waals surface area contributed by atoms with Gasteiger partial charge in [-0.2, -0.15) is 0 Å². The van der Waals surface area contributed by atoms with E-state index < -0.39 is 0 Å². The lowest BCUT2D eigenvalue weighted by molar-refractivity contribution is 0.0972. The molecular weight excluding hydrogens is 420 g/mol. The minimum atomic E-state index is -0.383. The molecule has 3 aromatic rings. The number of aryl methyl sites for hydroxylation is 1. The highest BCUT2D eigenvalue weighted by Crippen LogP contribution is 2.34. The van der Waals surface area contributed by atoms with E-state index in [2.05, 4.69) is 0 Å². The Morgan fingerprint density at radius 3 is 2.50 bits per heavy atom. The number of fused-ring (bicyclic) bond motifs is 1. The van der Waals surface area contributed by atoms with Crippen LogP contribution in [0.2, 0.25) is 0 Å². The molecule has 0 bridgehead atoms. The molecule has 6 nitrogen and oxygen atoms in total. The molecule has 1 aromatic heterocycles. The van der Waals surface area contributed by atoms with Crippen LogP contribution in [-0.4, -0.2) is 49.2 Å². The molecule has 0 aliphatic heterocycles. The van der Waals surface area contributed by atoms with Gasteiger partial charge in [0.2, 0.25) is 0 Å². The maximum atomic E-state index is 13.6. The Kier molecular flexibility index (Phi) is 7.02. The number of methoxy groups -OCH3 is 2. The fourth-order valence-electron chi connectivity index (χ4n) is 3.26. The third-order valence-corrected chi connectivity index (χ3v) is 6.14. The number of anilines is 1. The normalized spacial score (nSPS) is 10.9. The number of ether oxygens (including phenoxy) is 2. The molecule has 3 rings (SSSR count). The fourth-order valence-corrected chi connectivity index (χ4v) is 3.98. The van der Waals surface area contributed by atoms with Gasteiger partial charge in [0.15, 0.2) is 0 Å². The molecule has 2 aromatic carbocycles. The summed E-state index contributed by atoms with van der Waals surface area (Å²) in [4.78, 5) is 16.1. The second-order valence-electron chi connectivity index (χ2n) is 6.62. The van der Waals surface area contributed by atoms with Crippen molar-refractivity contribution in [3.8, 4) is 11.5 Å². The van der Waals surface area contributed by atoms with E-state index in [1.165, 1.54) is 0 Å². The van der Waals surface area contributed by atoms with Gasteiger partial charge in [-0.1, -0.05) is 12.2 Å². The Bertz CT molecular complexity index is 1130. The number of amides is 1. The van der Waals surface area contributed by atoms with E-state index >= 15 is 0 Å². The van der Waals surface area contributed by atoms with Gasteiger partial charge in [-0.25, -0.2) is 0 Å². The summed E-state index contributed by atoms with van der Waals surface area (Å²) >= 11 is 7.13. The Morgan fingerprint density at radius 1 is 1.20 bits per heavy atom. The Morgan fingerprint density at radius 2 is 1.90 bits per heavy atom. The second-order valence-corrected chi connectivity index (χ2v) is 7.88. The number of carbonyl (C=O) groups excluding carboxylic acids is 1. The topological polar surface area (TPSA) is 63.9 Å². The monoisotopic (exact) mass is 444 g/mol. The van der Waals surface area contributed by atoms with Gasteiger partial charge in [0.1, 0.15) is 21.7 Å². The number of aromatic nitrogens is 1. The molecule has 1 heterocycles. The first kappa shape index (κ1) is 22.1. The van der Waals surface area contributed by atoms with Gasteiger partial charge in [-0.3, -0.25) is 4.79 Å². The number of hydrogen-bond acceptors (Lipinski definition) is 6. The van der Waals surface area contributed by atoms with Crippen LogP contribution >= 0.6 is 24.0 Å². The van der Waals surface area contributed by atoms with Crippen molar-refractivity contribution in [1.29, 1.82) is 0 Å². The van der Waals surface area contributed by atoms with E-state index in [4.69, 9.17) is 21.7 Å². The van der Waals surface area contributed by atoms with Gasteiger partial charge in [0.05, 0.1) is 19.2 Å². The average Bonchev–Trinajstić information content (AvgIpc) is 2.78. The highest BCUT2D eigenvalue weighted by Gasteiger charge is 2.25. The summed E-state index contributed by atoms with van der Waals surface area (Å²) in [6.07, 6.45) is 1.96. The molecule has 0 fully saturated rings. The van der Waals surface area contributed by atoms with Gasteiger partial charge < -0.3 is 24.0 Å². The van der Waals surface area contributed by atoms with E-state index in [-0.39, 0.29) is 21.9 Å². The van der Waals surface area contributed by atoms with Crippen LogP contribution < -0.4 is 9.64 Å². The number of carbonyl (C=O) groups is 1. The second kappa shape index (κ2) is 9.51. The molecule has 0 saturated carbocycles. The maximum Gasteiger partial charge on any atom is 0.265 e. The molecule has 0 spiro atoms. The molecule has 8 heteroatoms. The molecule has 0 aliphatic rings. The number of rotatable bonds is 7. The SMILES string of the molecule is COCCN(C(=O)c1c(O)c2cc(SC)ccc2n(C)c1=S)c1ccc(OC)cc1. The Labute approximate surface area is 185 Å². The van der Waals surface area contributed by atoms with Crippen LogP contribution in [0.4, 0.5) is 5.69 Å². The molecule has 1 N–H and O–H groups in total. The zero-order valence-corrected chi connectivity index (χ0v) is 19.0. The van der Waals surface area contributed by atoms with Crippen molar-refractivity contribution in [2.75, 3.05) is 38.5 Å². The number of aromatic hydroxyl groups is 1. The van der Waals surface area contributed by atoms with Crippen LogP contribution in [0.1, 0.15) is 10.4 Å². The summed E-state index contributed by atoms with van der Waals surface area (Å²) in [5.74, 6) is 0.197. The van der Waals surface area contributed by atoms with Crippen molar-refractivity contribution in [3.63, 3.8) is 0 Å². The highest BCUT2D eigenvalue weighted by molar-refractivity contribution is 7.98. The zero-order valence-electron chi connectivity index (χ0n) is 17.3. The fraction of sp³-hybridized carbons (Fsp3) is 0.273. The van der Waals surface area contributed by atoms with Crippen molar-refractivity contribution >= 4 is 46.5 Å². The van der Waals surface area contributed by atoms with Crippen LogP contribution in [0.25, 0.3) is 10.9 Å². The van der Waals surface area contributed by atoms with Crippen LogP contribution in [0.3, 0.4) is 0 Å².